The van der Waals surface area contributed by atoms with Crippen molar-refractivity contribution in [1.82, 2.24) is 4.90 Å². The van der Waals surface area contributed by atoms with Crippen molar-refractivity contribution in [3.8, 4) is 0 Å². The molecule has 74 valence electrons. The molecule has 1 saturated heterocycles. The van der Waals surface area contributed by atoms with Crippen LogP contribution in [0.3, 0.4) is 0 Å². The van der Waals surface area contributed by atoms with Gasteiger partial charge in [-0.15, -0.1) is 0 Å². The lowest BCUT2D eigenvalue weighted by Crippen LogP contribution is -2.38. The Hall–Kier alpha value is -0.0800. The minimum absolute atomic E-state index is 0.0195. The summed E-state index contributed by atoms with van der Waals surface area (Å²) >= 11 is 0. The zero-order chi connectivity index (χ0) is 8.89. The minimum atomic E-state index is -0.0195. The largest absolute Gasteiger partial charge is 0.391 e. The van der Waals surface area contributed by atoms with Crippen LogP contribution in [0.4, 0.5) is 0 Å². The van der Waals surface area contributed by atoms with Gasteiger partial charge in [0.05, 0.1) is 6.10 Å². The van der Waals surface area contributed by atoms with Crippen molar-refractivity contribution in [2.45, 2.75) is 50.7 Å². The summed E-state index contributed by atoms with van der Waals surface area (Å²) in [5, 5.41) is 9.80. The van der Waals surface area contributed by atoms with Gasteiger partial charge in [0.15, 0.2) is 0 Å². The van der Waals surface area contributed by atoms with Gasteiger partial charge in [-0.3, -0.25) is 4.90 Å². The maximum absolute atomic E-state index is 9.80. The molecule has 3 aliphatic rings. The normalized spacial score (nSPS) is 43.2. The van der Waals surface area contributed by atoms with Gasteiger partial charge in [0, 0.05) is 12.6 Å². The first-order chi connectivity index (χ1) is 6.29. The third kappa shape index (κ3) is 1.31. The molecule has 2 aliphatic carbocycles. The van der Waals surface area contributed by atoms with Crippen LogP contribution in [-0.4, -0.2) is 35.2 Å². The van der Waals surface area contributed by atoms with E-state index in [0.717, 1.165) is 11.8 Å². The molecule has 2 atom stereocenters. The van der Waals surface area contributed by atoms with Gasteiger partial charge >= 0.3 is 0 Å². The van der Waals surface area contributed by atoms with Crippen molar-refractivity contribution in [2.75, 3.05) is 13.1 Å². The third-order valence-corrected chi connectivity index (χ3v) is 4.34. The SMILES string of the molecule is O[C@H]1CCC[C@@H]1N1CCC2(CC2)C1. The van der Waals surface area contributed by atoms with E-state index in [2.05, 4.69) is 4.90 Å². The van der Waals surface area contributed by atoms with Crippen molar-refractivity contribution in [2.24, 2.45) is 5.41 Å². The topological polar surface area (TPSA) is 23.5 Å². The van der Waals surface area contributed by atoms with E-state index >= 15 is 0 Å². The molecule has 1 N–H and O–H groups in total. The molecule has 0 unspecified atom stereocenters. The van der Waals surface area contributed by atoms with Gasteiger partial charge in [0.25, 0.3) is 0 Å². The van der Waals surface area contributed by atoms with Crippen LogP contribution >= 0.6 is 0 Å². The third-order valence-electron chi connectivity index (χ3n) is 4.34. The van der Waals surface area contributed by atoms with Gasteiger partial charge < -0.3 is 5.11 Å². The van der Waals surface area contributed by atoms with Crippen molar-refractivity contribution in [3.05, 3.63) is 0 Å². The Morgan fingerprint density at radius 1 is 1.15 bits per heavy atom. The van der Waals surface area contributed by atoms with Gasteiger partial charge in [-0.2, -0.15) is 0 Å². The van der Waals surface area contributed by atoms with E-state index in [1.165, 1.54) is 45.2 Å². The Morgan fingerprint density at radius 2 is 2.00 bits per heavy atom. The molecule has 3 rings (SSSR count). The smallest absolute Gasteiger partial charge is 0.0695 e. The van der Waals surface area contributed by atoms with Crippen molar-refractivity contribution in [1.29, 1.82) is 0 Å². The molecule has 0 amide bonds. The molecule has 2 nitrogen and oxygen atoms in total. The lowest BCUT2D eigenvalue weighted by atomic mass is 10.1. The van der Waals surface area contributed by atoms with Gasteiger partial charge in [-0.1, -0.05) is 0 Å². The Balaban J connectivity index is 1.66. The van der Waals surface area contributed by atoms with Crippen molar-refractivity contribution >= 4 is 0 Å². The fraction of sp³-hybridized carbons (Fsp3) is 1.00. The quantitative estimate of drug-likeness (QED) is 0.660. The second-order valence-corrected chi connectivity index (χ2v) is 5.29. The zero-order valence-electron chi connectivity index (χ0n) is 8.21. The average molecular weight is 181 g/mol. The van der Waals surface area contributed by atoms with Gasteiger partial charge in [-0.25, -0.2) is 0 Å². The maximum atomic E-state index is 9.80. The number of likely N-dealkylation sites (tertiary alicyclic amines) is 1. The molecule has 1 spiro atoms. The lowest BCUT2D eigenvalue weighted by Gasteiger charge is -2.26. The maximum Gasteiger partial charge on any atom is 0.0695 e. The fourth-order valence-corrected chi connectivity index (χ4v) is 3.18. The number of hydrogen-bond donors (Lipinski definition) is 1. The highest BCUT2D eigenvalue weighted by molar-refractivity contribution is 5.03. The summed E-state index contributed by atoms with van der Waals surface area (Å²) in [6.07, 6.45) is 7.78. The first-order valence-corrected chi connectivity index (χ1v) is 5.71. The number of aliphatic hydroxyl groups is 1. The molecule has 0 aromatic carbocycles. The number of nitrogens with zero attached hydrogens (tertiary/aromatic N) is 1. The van der Waals surface area contributed by atoms with Crippen LogP contribution in [0.25, 0.3) is 0 Å². The van der Waals surface area contributed by atoms with E-state index < -0.39 is 0 Å². The highest BCUT2D eigenvalue weighted by atomic mass is 16.3. The van der Waals surface area contributed by atoms with Gasteiger partial charge in [-0.05, 0) is 50.5 Å². The van der Waals surface area contributed by atoms with Crippen LogP contribution in [0.2, 0.25) is 0 Å². The monoisotopic (exact) mass is 181 g/mol. The van der Waals surface area contributed by atoms with Crippen LogP contribution in [-0.2, 0) is 0 Å². The molecule has 0 radical (unpaired) electrons. The standard InChI is InChI=1S/C11H19NO/c13-10-3-1-2-9(10)12-7-6-11(8-12)4-5-11/h9-10,13H,1-8H2/t9-,10-/m0/s1. The molecule has 1 heterocycles. The molecular weight excluding hydrogens is 162 g/mol. The van der Waals surface area contributed by atoms with E-state index in [9.17, 15) is 5.11 Å². The molecule has 2 saturated carbocycles. The lowest BCUT2D eigenvalue weighted by molar-refractivity contribution is 0.0823. The van der Waals surface area contributed by atoms with E-state index in [0.29, 0.717) is 6.04 Å². The summed E-state index contributed by atoms with van der Waals surface area (Å²) in [4.78, 5) is 2.56. The molecular formula is C11H19NO. The highest BCUT2D eigenvalue weighted by Crippen LogP contribution is 2.53. The summed E-state index contributed by atoms with van der Waals surface area (Å²) in [6, 6.07) is 0.514. The predicted octanol–water partition coefficient (Wildman–Crippen LogP) is 1.39. The molecule has 0 aromatic rings. The molecule has 1 aliphatic heterocycles. The summed E-state index contributed by atoms with van der Waals surface area (Å²) in [5.74, 6) is 0. The summed E-state index contributed by atoms with van der Waals surface area (Å²) < 4.78 is 0. The zero-order valence-corrected chi connectivity index (χ0v) is 8.21. The van der Waals surface area contributed by atoms with Crippen LogP contribution in [0, 0.1) is 5.41 Å². The van der Waals surface area contributed by atoms with Gasteiger partial charge in [0.1, 0.15) is 0 Å². The van der Waals surface area contributed by atoms with E-state index in [1.807, 2.05) is 0 Å². The van der Waals surface area contributed by atoms with E-state index in [-0.39, 0.29) is 6.10 Å². The van der Waals surface area contributed by atoms with Crippen LogP contribution in [0.1, 0.15) is 38.5 Å². The van der Waals surface area contributed by atoms with Gasteiger partial charge in [0.2, 0.25) is 0 Å². The molecule has 2 heteroatoms. The molecule has 0 aromatic heterocycles. The Morgan fingerprint density at radius 3 is 2.54 bits per heavy atom. The Kier molecular flexibility index (Phi) is 1.72. The van der Waals surface area contributed by atoms with E-state index in [1.54, 1.807) is 0 Å². The van der Waals surface area contributed by atoms with Crippen molar-refractivity contribution < 1.29 is 5.11 Å². The summed E-state index contributed by atoms with van der Waals surface area (Å²) in [5.41, 5.74) is 0.725. The Bertz CT molecular complexity index is 212. The second-order valence-electron chi connectivity index (χ2n) is 5.29. The van der Waals surface area contributed by atoms with Crippen LogP contribution in [0.5, 0.6) is 0 Å². The number of aliphatic hydroxyl groups excluding tert-OH is 1. The van der Waals surface area contributed by atoms with Crippen LogP contribution in [0.15, 0.2) is 0 Å². The predicted molar refractivity (Wildman–Crippen MR) is 51.5 cm³/mol. The minimum Gasteiger partial charge on any atom is -0.391 e. The van der Waals surface area contributed by atoms with Crippen LogP contribution < -0.4 is 0 Å². The number of hydrogen-bond acceptors (Lipinski definition) is 2. The molecule has 3 fully saturated rings. The fourth-order valence-electron chi connectivity index (χ4n) is 3.18. The number of rotatable bonds is 1. The van der Waals surface area contributed by atoms with E-state index in [4.69, 9.17) is 0 Å². The average Bonchev–Trinajstić information content (AvgIpc) is 2.55. The molecule has 13 heavy (non-hydrogen) atoms. The first kappa shape index (κ1) is 8.25. The first-order valence-electron chi connectivity index (χ1n) is 5.71. The summed E-state index contributed by atoms with van der Waals surface area (Å²) in [7, 11) is 0. The summed E-state index contributed by atoms with van der Waals surface area (Å²) in [6.45, 7) is 2.54. The van der Waals surface area contributed by atoms with Crippen molar-refractivity contribution in [3.63, 3.8) is 0 Å². The highest BCUT2D eigenvalue weighted by Gasteiger charge is 2.49. The second kappa shape index (κ2) is 2.71. The Labute approximate surface area is 79.9 Å². The molecule has 0 bridgehead atoms.